The summed E-state index contributed by atoms with van der Waals surface area (Å²) in [6, 6.07) is 7.34. The first-order chi connectivity index (χ1) is 10.0. The summed E-state index contributed by atoms with van der Waals surface area (Å²) in [6.45, 7) is 2.21. The lowest BCUT2D eigenvalue weighted by Crippen LogP contribution is -2.41. The lowest BCUT2D eigenvalue weighted by molar-refractivity contribution is 0.0243. The summed E-state index contributed by atoms with van der Waals surface area (Å²) in [5.74, 6) is -0.356. The Labute approximate surface area is 123 Å². The number of aromatic nitrogens is 2. The van der Waals surface area contributed by atoms with Gasteiger partial charge in [0.2, 0.25) is 0 Å². The molecule has 0 spiro atoms. The number of amides is 1. The molecule has 1 heterocycles. The van der Waals surface area contributed by atoms with Crippen LogP contribution in [0.15, 0.2) is 30.5 Å². The molecule has 0 saturated carbocycles. The molecule has 2 rings (SSSR count). The molecule has 0 aliphatic heterocycles. The Morgan fingerprint density at radius 2 is 2.10 bits per heavy atom. The van der Waals surface area contributed by atoms with E-state index in [0.29, 0.717) is 18.5 Å². The summed E-state index contributed by atoms with van der Waals surface area (Å²) in [7, 11) is 1.57. The highest BCUT2D eigenvalue weighted by molar-refractivity contribution is 5.93. The van der Waals surface area contributed by atoms with E-state index in [4.69, 9.17) is 4.74 Å². The highest BCUT2D eigenvalue weighted by atomic mass is 16.5. The Bertz CT molecular complexity index is 628. The van der Waals surface area contributed by atoms with Crippen molar-refractivity contribution < 1.29 is 14.6 Å². The number of carbonyl (C=O) groups excluding carboxylic acids is 1. The van der Waals surface area contributed by atoms with Gasteiger partial charge in [0.1, 0.15) is 5.69 Å². The fourth-order valence-electron chi connectivity index (χ4n) is 1.84. The zero-order valence-electron chi connectivity index (χ0n) is 12.2. The lowest BCUT2D eigenvalue weighted by atomic mass is 10.0. The van der Waals surface area contributed by atoms with Crippen LogP contribution in [0, 0.1) is 0 Å². The normalized spacial score (nSPS) is 13.9. The smallest absolute Gasteiger partial charge is 0.271 e. The van der Waals surface area contributed by atoms with Gasteiger partial charge in [-0.2, -0.15) is 0 Å². The van der Waals surface area contributed by atoms with E-state index >= 15 is 0 Å². The molecule has 0 saturated heterocycles. The Hall–Kier alpha value is -2.05. The molecule has 0 aliphatic carbocycles. The lowest BCUT2D eigenvalue weighted by Gasteiger charge is -2.23. The fourth-order valence-corrected chi connectivity index (χ4v) is 1.84. The van der Waals surface area contributed by atoms with E-state index in [0.717, 1.165) is 5.52 Å². The molecule has 0 fully saturated rings. The van der Waals surface area contributed by atoms with Gasteiger partial charge in [0.25, 0.3) is 5.91 Å². The Morgan fingerprint density at radius 1 is 1.38 bits per heavy atom. The predicted octanol–water partition coefficient (Wildman–Crippen LogP) is 1.15. The van der Waals surface area contributed by atoms with Crippen molar-refractivity contribution in [1.29, 1.82) is 0 Å². The number of carbonyl (C=O) groups is 1. The maximum atomic E-state index is 12.1. The number of benzene rings is 1. The van der Waals surface area contributed by atoms with Gasteiger partial charge >= 0.3 is 0 Å². The first-order valence-electron chi connectivity index (χ1n) is 6.73. The molecule has 1 unspecified atom stereocenters. The maximum Gasteiger partial charge on any atom is 0.271 e. The third-order valence-electron chi connectivity index (χ3n) is 3.16. The van der Waals surface area contributed by atoms with Gasteiger partial charge in [-0.05, 0) is 19.1 Å². The zero-order chi connectivity index (χ0) is 15.3. The number of hydrogen-bond acceptors (Lipinski definition) is 5. The van der Waals surface area contributed by atoms with Crippen molar-refractivity contribution in [3.63, 3.8) is 0 Å². The number of fused-ring (bicyclic) bond motifs is 1. The van der Waals surface area contributed by atoms with Gasteiger partial charge in [0, 0.05) is 26.7 Å². The second-order valence-electron chi connectivity index (χ2n) is 5.17. The fraction of sp³-hybridized carbons (Fsp3) is 0.400. The van der Waals surface area contributed by atoms with Gasteiger partial charge in [0.15, 0.2) is 0 Å². The molecule has 0 radical (unpaired) electrons. The predicted molar refractivity (Wildman–Crippen MR) is 79.0 cm³/mol. The van der Waals surface area contributed by atoms with Gasteiger partial charge < -0.3 is 15.2 Å². The molecule has 6 heteroatoms. The molecule has 6 nitrogen and oxygen atoms in total. The molecule has 21 heavy (non-hydrogen) atoms. The number of methoxy groups -OCH3 is 1. The van der Waals surface area contributed by atoms with Crippen LogP contribution in [0.3, 0.4) is 0 Å². The van der Waals surface area contributed by atoms with Crippen molar-refractivity contribution in [2.24, 2.45) is 0 Å². The molecule has 0 aliphatic rings. The summed E-state index contributed by atoms with van der Waals surface area (Å²) in [4.78, 5) is 20.5. The Kier molecular flexibility index (Phi) is 4.82. The standard InChI is InChI=1S/C15H19N3O3/c1-15(20,7-8-21-2)10-17-14(19)13-9-16-11-5-3-4-6-12(11)18-13/h3-6,9,20H,7-8,10H2,1-2H3,(H,17,19). The molecule has 1 aromatic heterocycles. The first-order valence-corrected chi connectivity index (χ1v) is 6.73. The number of ether oxygens (including phenoxy) is 1. The minimum absolute atomic E-state index is 0.129. The Balaban J connectivity index is 2.02. The van der Waals surface area contributed by atoms with Crippen molar-refractivity contribution in [3.8, 4) is 0 Å². The summed E-state index contributed by atoms with van der Waals surface area (Å²) >= 11 is 0. The average molecular weight is 289 g/mol. The molecular weight excluding hydrogens is 270 g/mol. The number of aliphatic hydroxyl groups is 1. The molecule has 1 atom stereocenters. The van der Waals surface area contributed by atoms with Crippen LogP contribution in [0.2, 0.25) is 0 Å². The third-order valence-corrected chi connectivity index (χ3v) is 3.16. The first kappa shape index (κ1) is 15.3. The summed E-state index contributed by atoms with van der Waals surface area (Å²) in [5, 5.41) is 12.7. The van der Waals surface area contributed by atoms with Crippen LogP contribution in [0.1, 0.15) is 23.8 Å². The van der Waals surface area contributed by atoms with Crippen LogP contribution in [0.25, 0.3) is 11.0 Å². The minimum Gasteiger partial charge on any atom is -0.388 e. The van der Waals surface area contributed by atoms with Crippen LogP contribution in [-0.4, -0.2) is 46.8 Å². The highest BCUT2D eigenvalue weighted by Gasteiger charge is 2.21. The monoisotopic (exact) mass is 289 g/mol. The highest BCUT2D eigenvalue weighted by Crippen LogP contribution is 2.10. The summed E-state index contributed by atoms with van der Waals surface area (Å²) in [5.41, 5.74) is 0.615. The molecule has 1 aromatic carbocycles. The number of para-hydroxylation sites is 2. The molecular formula is C15H19N3O3. The van der Waals surface area contributed by atoms with E-state index in [1.54, 1.807) is 20.1 Å². The number of hydrogen-bond donors (Lipinski definition) is 2. The molecule has 2 N–H and O–H groups in total. The Morgan fingerprint density at radius 3 is 2.81 bits per heavy atom. The van der Waals surface area contributed by atoms with Crippen LogP contribution in [0.5, 0.6) is 0 Å². The van der Waals surface area contributed by atoms with Gasteiger partial charge in [0.05, 0.1) is 22.8 Å². The molecule has 1 amide bonds. The van der Waals surface area contributed by atoms with Crippen molar-refractivity contribution in [1.82, 2.24) is 15.3 Å². The van der Waals surface area contributed by atoms with Crippen LogP contribution < -0.4 is 5.32 Å². The minimum atomic E-state index is -1.02. The van der Waals surface area contributed by atoms with Gasteiger partial charge in [-0.3, -0.25) is 9.78 Å². The SMILES string of the molecule is COCCC(C)(O)CNC(=O)c1cnc2ccccc2n1. The van der Waals surface area contributed by atoms with E-state index in [1.165, 1.54) is 6.20 Å². The number of nitrogens with zero attached hydrogens (tertiary/aromatic N) is 2. The maximum absolute atomic E-state index is 12.1. The van der Waals surface area contributed by atoms with Crippen LogP contribution in [0.4, 0.5) is 0 Å². The van der Waals surface area contributed by atoms with Crippen molar-refractivity contribution in [2.75, 3.05) is 20.3 Å². The molecule has 0 bridgehead atoms. The largest absolute Gasteiger partial charge is 0.388 e. The van der Waals surface area contributed by atoms with E-state index in [9.17, 15) is 9.90 Å². The molecule has 112 valence electrons. The van der Waals surface area contributed by atoms with E-state index in [-0.39, 0.29) is 18.1 Å². The second-order valence-corrected chi connectivity index (χ2v) is 5.17. The van der Waals surface area contributed by atoms with E-state index < -0.39 is 5.60 Å². The average Bonchev–Trinajstić information content (AvgIpc) is 2.50. The second kappa shape index (κ2) is 6.60. The zero-order valence-corrected chi connectivity index (χ0v) is 12.2. The topological polar surface area (TPSA) is 84.3 Å². The van der Waals surface area contributed by atoms with Gasteiger partial charge in [-0.15, -0.1) is 0 Å². The van der Waals surface area contributed by atoms with Gasteiger partial charge in [-0.1, -0.05) is 12.1 Å². The summed E-state index contributed by atoms with van der Waals surface area (Å²) in [6.07, 6.45) is 1.87. The van der Waals surface area contributed by atoms with Crippen LogP contribution in [-0.2, 0) is 4.74 Å². The molecule has 2 aromatic rings. The van der Waals surface area contributed by atoms with Crippen molar-refractivity contribution in [3.05, 3.63) is 36.2 Å². The quantitative estimate of drug-likeness (QED) is 0.833. The number of rotatable bonds is 6. The third kappa shape index (κ3) is 4.21. The van der Waals surface area contributed by atoms with Crippen LogP contribution >= 0.6 is 0 Å². The number of nitrogens with one attached hydrogen (secondary N) is 1. The van der Waals surface area contributed by atoms with E-state index in [2.05, 4.69) is 15.3 Å². The van der Waals surface area contributed by atoms with Gasteiger partial charge in [-0.25, -0.2) is 4.98 Å². The van der Waals surface area contributed by atoms with Crippen molar-refractivity contribution >= 4 is 16.9 Å². The van der Waals surface area contributed by atoms with Crippen molar-refractivity contribution in [2.45, 2.75) is 18.9 Å². The summed E-state index contributed by atoms with van der Waals surface area (Å²) < 4.78 is 4.92. The van der Waals surface area contributed by atoms with E-state index in [1.807, 2.05) is 18.2 Å².